The van der Waals surface area contributed by atoms with Gasteiger partial charge in [0.2, 0.25) is 0 Å². The number of alkyl halides is 1. The van der Waals surface area contributed by atoms with Gasteiger partial charge in [0.1, 0.15) is 6.61 Å². The zero-order valence-electron chi connectivity index (χ0n) is 19.0. The van der Waals surface area contributed by atoms with Gasteiger partial charge in [-0.25, -0.2) is 13.2 Å². The number of benzene rings is 2. The van der Waals surface area contributed by atoms with E-state index in [1.54, 1.807) is 0 Å². The van der Waals surface area contributed by atoms with E-state index in [2.05, 4.69) is 24.1 Å². The van der Waals surface area contributed by atoms with Crippen molar-refractivity contribution in [3.63, 3.8) is 0 Å². The van der Waals surface area contributed by atoms with E-state index in [0.717, 1.165) is 29.9 Å². The van der Waals surface area contributed by atoms with Crippen LogP contribution in [-0.4, -0.2) is 50.5 Å². The fourth-order valence-corrected chi connectivity index (χ4v) is 4.81. The normalized spacial score (nSPS) is 12.2. The Morgan fingerprint density at radius 1 is 1.06 bits per heavy atom. The van der Waals surface area contributed by atoms with Gasteiger partial charge in [0.15, 0.2) is 20.3 Å². The summed E-state index contributed by atoms with van der Waals surface area (Å²) in [5, 5.41) is 3.07. The molecular weight excluding hydrogens is 487 g/mol. The number of Topliss-reactive ketones (excluding diaryl/α,β-unsaturated/α-hetero) is 1. The van der Waals surface area contributed by atoms with E-state index in [-0.39, 0.29) is 5.56 Å². The Hall–Kier alpha value is -2.29. The summed E-state index contributed by atoms with van der Waals surface area (Å²) in [5.74, 6) is -1.36. The van der Waals surface area contributed by atoms with Gasteiger partial charge in [-0.15, -0.1) is 0 Å². The molecule has 10 heteroatoms. The molecule has 2 rings (SSSR count). The van der Waals surface area contributed by atoms with E-state index in [4.69, 9.17) is 27.9 Å². The van der Waals surface area contributed by atoms with Crippen molar-refractivity contribution < 1.29 is 22.7 Å². The van der Waals surface area contributed by atoms with E-state index < -0.39 is 38.8 Å². The zero-order valence-corrected chi connectivity index (χ0v) is 21.4. The molecule has 0 saturated heterocycles. The number of amides is 1. The monoisotopic (exact) mass is 514 g/mol. The van der Waals surface area contributed by atoms with E-state index in [0.29, 0.717) is 10.7 Å². The summed E-state index contributed by atoms with van der Waals surface area (Å²) in [7, 11) is -4.05. The number of nitrogens with one attached hydrogen (secondary N) is 1. The molecule has 2 aromatic carbocycles. The van der Waals surface area contributed by atoms with Crippen LogP contribution in [0, 0.1) is 13.8 Å². The number of carbonyl (C=O) groups is 2. The number of carbonyl (C=O) groups excluding carboxylic acids is 2. The van der Waals surface area contributed by atoms with Crippen LogP contribution in [0.25, 0.3) is 0 Å². The molecular formula is C23H28Cl2N2O5S. The molecule has 0 radical (unpaired) electrons. The number of sulfone groups is 1. The molecule has 180 valence electrons. The Labute approximate surface area is 204 Å². The lowest BCUT2D eigenvalue weighted by atomic mass is 10.1. The molecule has 0 aliphatic heterocycles. The first kappa shape index (κ1) is 27.0. The third-order valence-corrected chi connectivity index (χ3v) is 7.97. The lowest BCUT2D eigenvalue weighted by molar-refractivity contribution is 0.101. The lowest BCUT2D eigenvalue weighted by Crippen LogP contribution is -2.30. The third kappa shape index (κ3) is 7.09. The first-order chi connectivity index (χ1) is 15.5. The van der Waals surface area contributed by atoms with Crippen molar-refractivity contribution in [2.45, 2.75) is 32.4 Å². The molecule has 1 atom stereocenters. The summed E-state index contributed by atoms with van der Waals surface area (Å²) < 4.78 is 28.1. The van der Waals surface area contributed by atoms with E-state index in [1.165, 1.54) is 24.3 Å². The second kappa shape index (κ2) is 11.7. The van der Waals surface area contributed by atoms with E-state index in [9.17, 15) is 18.0 Å². The van der Waals surface area contributed by atoms with E-state index in [1.807, 2.05) is 26.0 Å². The second-order valence-corrected chi connectivity index (χ2v) is 10.8. The predicted molar refractivity (Wildman–Crippen MR) is 134 cm³/mol. The minimum absolute atomic E-state index is 0.126. The molecule has 0 aromatic heterocycles. The van der Waals surface area contributed by atoms with Gasteiger partial charge in [-0.1, -0.05) is 23.2 Å². The topological polar surface area (TPSA) is 92.8 Å². The lowest BCUT2D eigenvalue weighted by Gasteiger charge is -2.23. The molecule has 7 nitrogen and oxygen atoms in total. The Morgan fingerprint density at radius 2 is 1.61 bits per heavy atom. The molecule has 2 aromatic rings. The fourth-order valence-electron chi connectivity index (χ4n) is 3.31. The smallest absolute Gasteiger partial charge is 0.411 e. The van der Waals surface area contributed by atoms with Crippen molar-refractivity contribution in [2.75, 3.05) is 35.7 Å². The standard InChI is InChI=1S/C23H28Cl2N2O5S/c1-5-27(6-2)19-13-15(3)20(16(4)14-19)26-23(29)32-11-12-33(30,31)22(25)21(28)17-7-9-18(24)10-8-17/h7-10,13-14,22H,5-6,11-12H2,1-4H3,(H,26,29). The third-order valence-electron chi connectivity index (χ3n) is 5.12. The van der Waals surface area contributed by atoms with Gasteiger partial charge in [-0.3, -0.25) is 10.1 Å². The number of anilines is 2. The second-order valence-electron chi connectivity index (χ2n) is 7.44. The summed E-state index contributed by atoms with van der Waals surface area (Å²) in [4.78, 5) is 26.8. The Morgan fingerprint density at radius 3 is 2.12 bits per heavy atom. The zero-order chi connectivity index (χ0) is 24.8. The minimum atomic E-state index is -4.05. The van der Waals surface area contributed by atoms with Crippen LogP contribution in [0.2, 0.25) is 5.02 Å². The summed E-state index contributed by atoms with van der Waals surface area (Å²) >= 11 is 11.7. The predicted octanol–water partition coefficient (Wildman–Crippen LogP) is 5.21. The number of ketones is 1. The number of aryl methyl sites for hydroxylation is 2. The van der Waals surface area contributed by atoms with Crippen LogP contribution in [0.5, 0.6) is 0 Å². The summed E-state index contributed by atoms with van der Waals surface area (Å²) in [6, 6.07) is 9.68. The fraction of sp³-hybridized carbons (Fsp3) is 0.391. The number of nitrogens with zero attached hydrogens (tertiary/aromatic N) is 1. The summed E-state index contributed by atoms with van der Waals surface area (Å²) in [5.41, 5.74) is 3.50. The van der Waals surface area contributed by atoms with Gasteiger partial charge in [0.05, 0.1) is 5.75 Å². The van der Waals surface area contributed by atoms with Gasteiger partial charge in [0.25, 0.3) is 0 Å². The molecule has 0 fully saturated rings. The number of hydrogen-bond acceptors (Lipinski definition) is 6. The molecule has 0 aliphatic carbocycles. The summed E-state index contributed by atoms with van der Waals surface area (Å²) in [6.45, 7) is 9.17. The maximum absolute atomic E-state index is 12.4. The molecule has 0 aliphatic rings. The molecule has 33 heavy (non-hydrogen) atoms. The highest BCUT2D eigenvalue weighted by Crippen LogP contribution is 2.27. The largest absolute Gasteiger partial charge is 0.448 e. The average molecular weight is 515 g/mol. The average Bonchev–Trinajstić information content (AvgIpc) is 2.76. The van der Waals surface area contributed by atoms with Crippen molar-refractivity contribution >= 4 is 56.3 Å². The highest BCUT2D eigenvalue weighted by Gasteiger charge is 2.31. The first-order valence-corrected chi connectivity index (χ1v) is 13.0. The van der Waals surface area contributed by atoms with Crippen molar-refractivity contribution in [2.24, 2.45) is 0 Å². The van der Waals surface area contributed by atoms with Crippen molar-refractivity contribution in [3.8, 4) is 0 Å². The van der Waals surface area contributed by atoms with Crippen molar-refractivity contribution in [1.29, 1.82) is 0 Å². The van der Waals surface area contributed by atoms with Crippen molar-refractivity contribution in [1.82, 2.24) is 0 Å². The van der Waals surface area contributed by atoms with Gasteiger partial charge in [-0.2, -0.15) is 0 Å². The SMILES string of the molecule is CCN(CC)c1cc(C)c(NC(=O)OCCS(=O)(=O)C(Cl)C(=O)c2ccc(Cl)cc2)c(C)c1. The van der Waals surface area contributed by atoms with Gasteiger partial charge >= 0.3 is 6.09 Å². The maximum atomic E-state index is 12.4. The maximum Gasteiger partial charge on any atom is 0.411 e. The molecule has 1 amide bonds. The molecule has 1 N–H and O–H groups in total. The molecule has 0 saturated carbocycles. The highest BCUT2D eigenvalue weighted by molar-refractivity contribution is 7.94. The Kier molecular flexibility index (Phi) is 9.57. The van der Waals surface area contributed by atoms with Crippen LogP contribution in [-0.2, 0) is 14.6 Å². The number of hydrogen-bond donors (Lipinski definition) is 1. The number of halogens is 2. The molecule has 1 unspecified atom stereocenters. The summed E-state index contributed by atoms with van der Waals surface area (Å²) in [6.07, 6.45) is -0.790. The minimum Gasteiger partial charge on any atom is -0.448 e. The van der Waals surface area contributed by atoms with Gasteiger partial charge in [0, 0.05) is 35.1 Å². The highest BCUT2D eigenvalue weighted by atomic mass is 35.5. The Bertz CT molecular complexity index is 1080. The number of rotatable bonds is 10. The molecule has 0 spiro atoms. The van der Waals surface area contributed by atoms with Gasteiger partial charge in [-0.05, 0) is 75.2 Å². The van der Waals surface area contributed by atoms with Crippen LogP contribution in [0.1, 0.15) is 35.3 Å². The van der Waals surface area contributed by atoms with Crippen LogP contribution in [0.4, 0.5) is 16.2 Å². The van der Waals surface area contributed by atoms with Crippen molar-refractivity contribution in [3.05, 3.63) is 58.1 Å². The number of ether oxygens (including phenoxy) is 1. The van der Waals surface area contributed by atoms with E-state index >= 15 is 0 Å². The molecule has 0 heterocycles. The van der Waals surface area contributed by atoms with Crippen LogP contribution in [0.3, 0.4) is 0 Å². The Balaban J connectivity index is 1.97. The molecule has 0 bridgehead atoms. The van der Waals surface area contributed by atoms with Crippen LogP contribution in [0.15, 0.2) is 36.4 Å². The van der Waals surface area contributed by atoms with Crippen LogP contribution >= 0.6 is 23.2 Å². The van der Waals surface area contributed by atoms with Gasteiger partial charge < -0.3 is 9.64 Å². The first-order valence-electron chi connectivity index (χ1n) is 10.5. The quantitative estimate of drug-likeness (QED) is 0.345. The van der Waals surface area contributed by atoms with Crippen LogP contribution < -0.4 is 10.2 Å².